The van der Waals surface area contributed by atoms with E-state index in [1.165, 1.54) is 57.4 Å². The number of halogens is 3. The molecule has 0 aliphatic heterocycles. The summed E-state index contributed by atoms with van der Waals surface area (Å²) >= 11 is 1.89. The molecule has 2 saturated carbocycles. The summed E-state index contributed by atoms with van der Waals surface area (Å²) < 4.78 is 27.4. The second-order valence-electron chi connectivity index (χ2n) is 7.17. The lowest BCUT2D eigenvalue weighted by atomic mass is 9.77. The fourth-order valence-electron chi connectivity index (χ4n) is 4.09. The minimum absolute atomic E-state index is 0.400. The molecule has 1 aromatic carbocycles. The Bertz CT molecular complexity index is 540. The van der Waals surface area contributed by atoms with Gasteiger partial charge in [-0.3, -0.25) is 0 Å². The van der Waals surface area contributed by atoms with E-state index >= 15 is 0 Å². The molecule has 0 bridgehead atoms. The topological polar surface area (TPSA) is 0 Å². The Labute approximate surface area is 151 Å². The van der Waals surface area contributed by atoms with Crippen molar-refractivity contribution in [2.45, 2.75) is 70.1 Å². The minimum atomic E-state index is -0.706. The Morgan fingerprint density at radius 1 is 1.00 bits per heavy atom. The lowest BCUT2D eigenvalue weighted by molar-refractivity contribution is 0.326. The molecular formula is C20H25F2I. The minimum Gasteiger partial charge on any atom is -0.204 e. The molecular weight excluding hydrogens is 405 g/mol. The first-order chi connectivity index (χ1) is 11.1. The summed E-state index contributed by atoms with van der Waals surface area (Å²) in [6, 6.07) is 3.24. The predicted molar refractivity (Wildman–Crippen MR) is 99.6 cm³/mol. The Balaban J connectivity index is 1.54. The lowest BCUT2D eigenvalue weighted by Gasteiger charge is -2.28. The fraction of sp³-hybridized carbons (Fsp3) is 0.600. The Morgan fingerprint density at radius 2 is 1.70 bits per heavy atom. The van der Waals surface area contributed by atoms with Crippen molar-refractivity contribution in [1.29, 1.82) is 0 Å². The van der Waals surface area contributed by atoms with Gasteiger partial charge in [0, 0.05) is 0 Å². The van der Waals surface area contributed by atoms with Gasteiger partial charge in [0.25, 0.3) is 0 Å². The molecule has 2 aliphatic carbocycles. The first-order valence-electron chi connectivity index (χ1n) is 8.96. The van der Waals surface area contributed by atoms with Crippen LogP contribution in [0.1, 0.15) is 75.7 Å². The van der Waals surface area contributed by atoms with Crippen molar-refractivity contribution in [2.75, 3.05) is 0 Å². The van der Waals surface area contributed by atoms with Crippen LogP contribution in [0.4, 0.5) is 8.78 Å². The first kappa shape index (κ1) is 17.4. The summed E-state index contributed by atoms with van der Waals surface area (Å²) in [5.74, 6) is -0.222. The Kier molecular flexibility index (Phi) is 6.11. The number of benzene rings is 1. The van der Waals surface area contributed by atoms with Gasteiger partial charge in [-0.05, 0) is 110 Å². The standard InChI is InChI=1S/C20H25F2I/c21-18-12-17(13-19(23)20(18)22)16-10-8-15(9-11-16)7-6-14-4-2-1-3-5-14/h6,12-13,15-16H,1-5,7-11H2. The van der Waals surface area contributed by atoms with Crippen LogP contribution < -0.4 is 0 Å². The molecule has 2 fully saturated rings. The molecule has 0 amide bonds. The van der Waals surface area contributed by atoms with Gasteiger partial charge in [0.2, 0.25) is 0 Å². The molecule has 0 radical (unpaired) electrons. The van der Waals surface area contributed by atoms with E-state index in [4.69, 9.17) is 0 Å². The van der Waals surface area contributed by atoms with Crippen LogP contribution in [0.15, 0.2) is 23.8 Å². The number of hydrogen-bond acceptors (Lipinski definition) is 0. The number of hydrogen-bond donors (Lipinski definition) is 0. The van der Waals surface area contributed by atoms with Crippen LogP contribution in [0.2, 0.25) is 0 Å². The molecule has 0 heterocycles. The maximum absolute atomic E-state index is 13.6. The molecule has 2 aliphatic rings. The predicted octanol–water partition coefficient (Wildman–Crippen LogP) is 7.12. The molecule has 0 nitrogen and oxygen atoms in total. The van der Waals surface area contributed by atoms with E-state index in [1.54, 1.807) is 5.57 Å². The first-order valence-corrected chi connectivity index (χ1v) is 10.0. The highest BCUT2D eigenvalue weighted by molar-refractivity contribution is 14.1. The zero-order valence-electron chi connectivity index (χ0n) is 13.6. The highest BCUT2D eigenvalue weighted by Crippen LogP contribution is 2.38. The lowest BCUT2D eigenvalue weighted by Crippen LogP contribution is -2.13. The molecule has 1 aromatic rings. The van der Waals surface area contributed by atoms with Crippen LogP contribution in [0, 0.1) is 21.1 Å². The molecule has 0 unspecified atom stereocenters. The normalized spacial score (nSPS) is 25.4. The summed E-state index contributed by atoms with van der Waals surface area (Å²) in [5.41, 5.74) is 2.66. The summed E-state index contributed by atoms with van der Waals surface area (Å²) in [6.45, 7) is 0. The molecule has 0 N–H and O–H groups in total. The van der Waals surface area contributed by atoms with E-state index in [-0.39, 0.29) is 0 Å². The number of rotatable bonds is 3. The van der Waals surface area contributed by atoms with E-state index in [9.17, 15) is 8.78 Å². The van der Waals surface area contributed by atoms with E-state index in [0.717, 1.165) is 24.3 Å². The molecule has 126 valence electrons. The Hall–Kier alpha value is -0.450. The van der Waals surface area contributed by atoms with Gasteiger partial charge < -0.3 is 0 Å². The van der Waals surface area contributed by atoms with Crippen LogP contribution in [0.5, 0.6) is 0 Å². The smallest absolute Gasteiger partial charge is 0.172 e. The average molecular weight is 430 g/mol. The monoisotopic (exact) mass is 430 g/mol. The fourth-order valence-corrected chi connectivity index (χ4v) is 4.70. The largest absolute Gasteiger partial charge is 0.204 e. The van der Waals surface area contributed by atoms with Crippen LogP contribution in [-0.2, 0) is 0 Å². The summed E-state index contributed by atoms with van der Waals surface area (Å²) in [6.07, 6.45) is 15.1. The van der Waals surface area contributed by atoms with Gasteiger partial charge in [-0.1, -0.05) is 18.1 Å². The van der Waals surface area contributed by atoms with E-state index in [0.29, 0.717) is 9.49 Å². The quantitative estimate of drug-likeness (QED) is 0.272. The van der Waals surface area contributed by atoms with Crippen molar-refractivity contribution in [3.05, 3.63) is 44.5 Å². The van der Waals surface area contributed by atoms with Gasteiger partial charge in [0.1, 0.15) is 0 Å². The van der Waals surface area contributed by atoms with Gasteiger partial charge in [0.15, 0.2) is 11.6 Å². The van der Waals surface area contributed by atoms with Gasteiger partial charge in [-0.15, -0.1) is 0 Å². The zero-order chi connectivity index (χ0) is 16.2. The third kappa shape index (κ3) is 4.55. The van der Waals surface area contributed by atoms with E-state index in [1.807, 2.05) is 28.7 Å². The van der Waals surface area contributed by atoms with Gasteiger partial charge in [0.05, 0.1) is 3.57 Å². The molecule has 0 saturated heterocycles. The van der Waals surface area contributed by atoms with Crippen molar-refractivity contribution in [2.24, 2.45) is 5.92 Å². The average Bonchev–Trinajstić information content (AvgIpc) is 2.59. The molecule has 0 spiro atoms. The molecule has 0 atom stereocenters. The van der Waals surface area contributed by atoms with Crippen molar-refractivity contribution < 1.29 is 8.78 Å². The Morgan fingerprint density at radius 3 is 2.35 bits per heavy atom. The molecule has 3 rings (SSSR count). The van der Waals surface area contributed by atoms with Crippen molar-refractivity contribution in [3.63, 3.8) is 0 Å². The number of allylic oxidation sites excluding steroid dienone is 2. The van der Waals surface area contributed by atoms with Crippen molar-refractivity contribution in [1.82, 2.24) is 0 Å². The summed E-state index contributed by atoms with van der Waals surface area (Å²) in [5, 5.41) is 0. The summed E-state index contributed by atoms with van der Waals surface area (Å²) in [7, 11) is 0. The SMILES string of the molecule is Fc1cc(C2CCC(CC=C3CCCCC3)CC2)cc(I)c1F. The molecule has 0 aromatic heterocycles. The second kappa shape index (κ2) is 8.09. The van der Waals surface area contributed by atoms with Crippen molar-refractivity contribution in [3.8, 4) is 0 Å². The van der Waals surface area contributed by atoms with Crippen LogP contribution >= 0.6 is 22.6 Å². The third-order valence-corrected chi connectivity index (χ3v) is 6.34. The van der Waals surface area contributed by atoms with Crippen LogP contribution in [-0.4, -0.2) is 0 Å². The van der Waals surface area contributed by atoms with Crippen LogP contribution in [0.25, 0.3) is 0 Å². The summed E-state index contributed by atoms with van der Waals surface area (Å²) in [4.78, 5) is 0. The maximum atomic E-state index is 13.6. The molecule has 3 heteroatoms. The van der Waals surface area contributed by atoms with E-state index < -0.39 is 11.6 Å². The van der Waals surface area contributed by atoms with Crippen LogP contribution in [0.3, 0.4) is 0 Å². The highest BCUT2D eigenvalue weighted by Gasteiger charge is 2.23. The molecule has 23 heavy (non-hydrogen) atoms. The second-order valence-corrected chi connectivity index (χ2v) is 8.34. The zero-order valence-corrected chi connectivity index (χ0v) is 15.7. The maximum Gasteiger partial charge on any atom is 0.172 e. The van der Waals surface area contributed by atoms with Gasteiger partial charge >= 0.3 is 0 Å². The highest BCUT2D eigenvalue weighted by atomic mass is 127. The third-order valence-electron chi connectivity index (χ3n) is 5.56. The van der Waals surface area contributed by atoms with Crippen molar-refractivity contribution >= 4 is 22.6 Å². The van der Waals surface area contributed by atoms with E-state index in [2.05, 4.69) is 6.08 Å². The van der Waals surface area contributed by atoms with Gasteiger partial charge in [-0.2, -0.15) is 0 Å². The van der Waals surface area contributed by atoms with Gasteiger partial charge in [-0.25, -0.2) is 8.78 Å².